The number of hydrogen-bond acceptors (Lipinski definition) is 7. The first-order valence-electron chi connectivity index (χ1n) is 11.4. The number of aromatic amines is 1. The summed E-state index contributed by atoms with van der Waals surface area (Å²) in [6.07, 6.45) is -0.512. The SMILES string of the molecule is COC(=O)Nc1nc2ccc(S(=O)(=O)N(CC(C)C)C[C@@H](O)[C@@H](N)CCc3ccccc3)cc2[nH]1. The molecular weight excluding hydrogens is 470 g/mol. The van der Waals surface area contributed by atoms with Crippen molar-refractivity contribution in [3.8, 4) is 0 Å². The van der Waals surface area contributed by atoms with Crippen LogP contribution in [0.2, 0.25) is 0 Å². The third kappa shape index (κ3) is 7.01. The Morgan fingerprint density at radius 1 is 1.20 bits per heavy atom. The molecule has 1 aromatic heterocycles. The maximum Gasteiger partial charge on any atom is 0.413 e. The first-order chi connectivity index (χ1) is 16.6. The number of nitrogens with two attached hydrogens (primary N) is 1. The van der Waals surface area contributed by atoms with E-state index in [0.29, 0.717) is 23.9 Å². The van der Waals surface area contributed by atoms with Gasteiger partial charge in [-0.05, 0) is 42.5 Å². The lowest BCUT2D eigenvalue weighted by molar-refractivity contribution is 0.113. The van der Waals surface area contributed by atoms with E-state index in [9.17, 15) is 18.3 Å². The van der Waals surface area contributed by atoms with Crippen LogP contribution in [0.5, 0.6) is 0 Å². The van der Waals surface area contributed by atoms with Crippen LogP contribution in [0.15, 0.2) is 53.4 Å². The summed E-state index contributed by atoms with van der Waals surface area (Å²) in [5, 5.41) is 13.2. The van der Waals surface area contributed by atoms with Gasteiger partial charge in [0.15, 0.2) is 0 Å². The zero-order valence-electron chi connectivity index (χ0n) is 20.1. The van der Waals surface area contributed by atoms with Gasteiger partial charge in [-0.3, -0.25) is 5.32 Å². The Hall–Kier alpha value is -2.99. The number of aliphatic hydroxyl groups excluding tert-OH is 1. The van der Waals surface area contributed by atoms with E-state index in [1.54, 1.807) is 6.07 Å². The molecule has 10 nitrogen and oxygen atoms in total. The second kappa shape index (κ2) is 11.6. The number of aryl methyl sites for hydroxylation is 1. The lowest BCUT2D eigenvalue weighted by atomic mass is 10.0. The fourth-order valence-electron chi connectivity index (χ4n) is 3.70. The second-order valence-corrected chi connectivity index (χ2v) is 10.8. The molecule has 0 bridgehead atoms. The number of amides is 1. The Labute approximate surface area is 205 Å². The number of anilines is 1. The smallest absolute Gasteiger partial charge is 0.413 e. The summed E-state index contributed by atoms with van der Waals surface area (Å²) in [7, 11) is -2.71. The van der Waals surface area contributed by atoms with Gasteiger partial charge in [-0.1, -0.05) is 44.2 Å². The van der Waals surface area contributed by atoms with E-state index in [-0.39, 0.29) is 29.9 Å². The maximum absolute atomic E-state index is 13.5. The zero-order valence-corrected chi connectivity index (χ0v) is 21.0. The van der Waals surface area contributed by atoms with Crippen LogP contribution in [0.3, 0.4) is 0 Å². The zero-order chi connectivity index (χ0) is 25.6. The van der Waals surface area contributed by atoms with Crippen LogP contribution < -0.4 is 11.1 Å². The number of nitrogens with zero attached hydrogens (tertiary/aromatic N) is 2. The number of sulfonamides is 1. The molecule has 1 amide bonds. The number of rotatable bonds is 11. The van der Waals surface area contributed by atoms with Gasteiger partial charge in [-0.15, -0.1) is 0 Å². The minimum atomic E-state index is -3.94. The predicted octanol–water partition coefficient (Wildman–Crippen LogP) is 2.71. The summed E-state index contributed by atoms with van der Waals surface area (Å²) >= 11 is 0. The molecule has 3 aromatic rings. The van der Waals surface area contributed by atoms with E-state index >= 15 is 0 Å². The first-order valence-corrected chi connectivity index (χ1v) is 12.9. The van der Waals surface area contributed by atoms with E-state index in [1.807, 2.05) is 44.2 Å². The van der Waals surface area contributed by atoms with Crippen molar-refractivity contribution in [3.63, 3.8) is 0 Å². The molecule has 0 saturated heterocycles. The Balaban J connectivity index is 1.77. The minimum absolute atomic E-state index is 0.0317. The number of imidazole rings is 1. The molecule has 0 fully saturated rings. The lowest BCUT2D eigenvalue weighted by Gasteiger charge is -2.28. The Bertz CT molecular complexity index is 1230. The van der Waals surface area contributed by atoms with Gasteiger partial charge in [0.1, 0.15) is 0 Å². The molecule has 0 unspecified atom stereocenters. The van der Waals surface area contributed by atoms with Gasteiger partial charge in [0.05, 0.1) is 29.1 Å². The van der Waals surface area contributed by atoms with E-state index in [4.69, 9.17) is 5.73 Å². The van der Waals surface area contributed by atoms with Gasteiger partial charge in [-0.25, -0.2) is 18.2 Å². The highest BCUT2D eigenvalue weighted by atomic mass is 32.2. The number of fused-ring (bicyclic) bond motifs is 1. The number of benzene rings is 2. The van der Waals surface area contributed by atoms with Gasteiger partial charge in [0, 0.05) is 19.1 Å². The van der Waals surface area contributed by atoms with E-state index in [1.165, 1.54) is 23.5 Å². The van der Waals surface area contributed by atoms with Crippen molar-refractivity contribution in [1.29, 1.82) is 0 Å². The highest BCUT2D eigenvalue weighted by Crippen LogP contribution is 2.23. The van der Waals surface area contributed by atoms with Crippen LogP contribution in [0.1, 0.15) is 25.8 Å². The van der Waals surface area contributed by atoms with Gasteiger partial charge in [0.25, 0.3) is 0 Å². The topological polar surface area (TPSA) is 151 Å². The summed E-state index contributed by atoms with van der Waals surface area (Å²) in [6, 6.07) is 13.7. The fraction of sp³-hybridized carbons (Fsp3) is 0.417. The largest absolute Gasteiger partial charge is 0.453 e. The summed E-state index contributed by atoms with van der Waals surface area (Å²) in [6.45, 7) is 3.92. The molecule has 190 valence electrons. The highest BCUT2D eigenvalue weighted by molar-refractivity contribution is 7.89. The molecule has 0 radical (unpaired) electrons. The molecule has 0 saturated carbocycles. The fourth-order valence-corrected chi connectivity index (χ4v) is 5.35. The van der Waals surface area contributed by atoms with Crippen LogP contribution in [-0.2, 0) is 21.2 Å². The van der Waals surface area contributed by atoms with Gasteiger partial charge < -0.3 is 20.6 Å². The summed E-state index contributed by atoms with van der Waals surface area (Å²) in [5.41, 5.74) is 8.24. The third-order valence-corrected chi connectivity index (χ3v) is 7.39. The molecule has 3 rings (SSSR count). The third-order valence-electron chi connectivity index (χ3n) is 5.56. The number of carbonyl (C=O) groups is 1. The monoisotopic (exact) mass is 503 g/mol. The summed E-state index contributed by atoms with van der Waals surface area (Å²) in [4.78, 5) is 18.5. The van der Waals surface area contributed by atoms with Crippen molar-refractivity contribution < 1.29 is 23.1 Å². The quantitative estimate of drug-likeness (QED) is 0.314. The molecule has 5 N–H and O–H groups in total. The highest BCUT2D eigenvalue weighted by Gasteiger charge is 2.29. The molecule has 0 aliphatic rings. The number of carbonyl (C=O) groups excluding carboxylic acids is 1. The molecule has 35 heavy (non-hydrogen) atoms. The van der Waals surface area contributed by atoms with Gasteiger partial charge in [-0.2, -0.15) is 4.31 Å². The van der Waals surface area contributed by atoms with Crippen molar-refractivity contribution in [3.05, 3.63) is 54.1 Å². The number of H-pyrrole nitrogens is 1. The van der Waals surface area contributed by atoms with E-state index < -0.39 is 28.3 Å². The normalized spacial score (nSPS) is 13.8. The number of nitrogens with one attached hydrogen (secondary N) is 2. The number of hydrogen-bond donors (Lipinski definition) is 4. The Morgan fingerprint density at radius 2 is 1.91 bits per heavy atom. The number of methoxy groups -OCH3 is 1. The van der Waals surface area contributed by atoms with Crippen molar-refractivity contribution in [2.24, 2.45) is 11.7 Å². The standard InChI is InChI=1S/C24H33N5O5S/c1-16(2)14-29(15-22(30)19(25)11-9-17-7-5-4-6-8-17)35(32,33)18-10-12-20-21(13-18)27-23(26-20)28-24(31)34-3/h4-8,10,12-13,16,19,22,30H,9,11,14-15,25H2,1-3H3,(H2,26,27,28,31)/t19-,22+/m0/s1. The van der Waals surface area contributed by atoms with Crippen molar-refractivity contribution in [1.82, 2.24) is 14.3 Å². The van der Waals surface area contributed by atoms with Crippen LogP contribution in [0.4, 0.5) is 10.7 Å². The summed E-state index contributed by atoms with van der Waals surface area (Å²) in [5.74, 6) is 0.171. The number of aliphatic hydroxyl groups is 1. The average Bonchev–Trinajstić information content (AvgIpc) is 3.23. The molecule has 0 aliphatic carbocycles. The lowest BCUT2D eigenvalue weighted by Crippen LogP contribution is -2.46. The summed E-state index contributed by atoms with van der Waals surface area (Å²) < 4.78 is 32.9. The number of ether oxygens (including phenoxy) is 1. The first kappa shape index (κ1) is 26.6. The maximum atomic E-state index is 13.5. The molecule has 2 atom stereocenters. The van der Waals surface area contributed by atoms with Crippen molar-refractivity contribution in [2.45, 2.75) is 43.7 Å². The van der Waals surface area contributed by atoms with Crippen LogP contribution in [0, 0.1) is 5.92 Å². The van der Waals surface area contributed by atoms with Crippen molar-refractivity contribution in [2.75, 3.05) is 25.5 Å². The second-order valence-electron chi connectivity index (χ2n) is 8.85. The van der Waals surface area contributed by atoms with Crippen molar-refractivity contribution >= 4 is 33.1 Å². The van der Waals surface area contributed by atoms with Crippen LogP contribution in [0.25, 0.3) is 11.0 Å². The molecular formula is C24H33N5O5S. The van der Waals surface area contributed by atoms with Crippen LogP contribution in [-0.4, -0.2) is 66.2 Å². The molecule has 2 aromatic carbocycles. The molecule has 11 heteroatoms. The van der Waals surface area contributed by atoms with E-state index in [2.05, 4.69) is 20.0 Å². The van der Waals surface area contributed by atoms with Gasteiger partial charge in [0.2, 0.25) is 16.0 Å². The van der Waals surface area contributed by atoms with Crippen LogP contribution >= 0.6 is 0 Å². The van der Waals surface area contributed by atoms with E-state index in [0.717, 1.165) is 5.56 Å². The number of aromatic nitrogens is 2. The average molecular weight is 504 g/mol. The molecule has 0 aliphatic heterocycles. The predicted molar refractivity (Wildman–Crippen MR) is 134 cm³/mol. The minimum Gasteiger partial charge on any atom is -0.453 e. The molecule has 1 heterocycles. The molecule has 0 spiro atoms. The Morgan fingerprint density at radius 3 is 2.57 bits per heavy atom. The van der Waals surface area contributed by atoms with Gasteiger partial charge >= 0.3 is 6.09 Å². The Kier molecular flexibility index (Phi) is 8.84.